The monoisotopic (exact) mass is 688 g/mol. The Labute approximate surface area is 213 Å². The quantitative estimate of drug-likeness (QED) is 0.253. The van der Waals surface area contributed by atoms with Crippen molar-refractivity contribution >= 4 is 75.7 Å². The van der Waals surface area contributed by atoms with Crippen LogP contribution in [-0.4, -0.2) is 27.3 Å². The maximum absolute atomic E-state index is 13.0. The number of phenols is 2. The van der Waals surface area contributed by atoms with E-state index < -0.39 is 17.5 Å². The number of aromatic carboxylic acids is 1. The van der Waals surface area contributed by atoms with E-state index in [1.54, 1.807) is 12.1 Å². The molecule has 2 aliphatic heterocycles. The predicted molar refractivity (Wildman–Crippen MR) is 126 cm³/mol. The molecule has 0 fully saturated rings. The van der Waals surface area contributed by atoms with E-state index in [9.17, 15) is 24.9 Å². The number of carbonyl (C=O) groups excluding carboxylic acids is 1. The number of carboxylic acid groups (broad SMARTS) is 1. The first-order valence-electron chi connectivity index (χ1n) is 8.79. The molecule has 2 heterocycles. The molecule has 1 spiro atoms. The van der Waals surface area contributed by atoms with Gasteiger partial charge in [-0.15, -0.1) is 0 Å². The topological polar surface area (TPSA) is 113 Å². The summed E-state index contributed by atoms with van der Waals surface area (Å²) >= 11 is 13.2. The second-order valence-corrected chi connectivity index (χ2v) is 10.3. The van der Waals surface area contributed by atoms with Gasteiger partial charge < -0.3 is 24.8 Å². The molecule has 3 aromatic carbocycles. The Bertz CT molecular complexity index is 1340. The lowest BCUT2D eigenvalue weighted by atomic mass is 9.77. The maximum Gasteiger partial charge on any atom is 0.340 e. The van der Waals surface area contributed by atoms with Gasteiger partial charge in [0, 0.05) is 5.56 Å². The number of fused-ring (bicyclic) bond motifs is 6. The molecule has 0 unspecified atom stereocenters. The normalized spacial score (nSPS) is 14.9. The predicted octanol–water partition coefficient (Wildman–Crippen LogP) is 6.41. The summed E-state index contributed by atoms with van der Waals surface area (Å²) in [5, 5.41) is 30.5. The lowest BCUT2D eigenvalue weighted by molar-refractivity contribution is 0.0222. The molecule has 3 N–H and O–H groups in total. The van der Waals surface area contributed by atoms with Crippen LogP contribution in [0.1, 0.15) is 37.4 Å². The molecule has 32 heavy (non-hydrogen) atoms. The van der Waals surface area contributed by atoms with E-state index in [1.807, 2.05) is 0 Å². The fourth-order valence-electron chi connectivity index (χ4n) is 3.95. The molecule has 3 aromatic rings. The first-order chi connectivity index (χ1) is 15.1. The van der Waals surface area contributed by atoms with Gasteiger partial charge in [-0.25, -0.2) is 9.59 Å². The zero-order valence-corrected chi connectivity index (χ0v) is 21.7. The fourth-order valence-corrected chi connectivity index (χ4v) is 6.35. The number of ether oxygens (including phenoxy) is 2. The first-order valence-corrected chi connectivity index (χ1v) is 12.0. The Morgan fingerprint density at radius 1 is 0.844 bits per heavy atom. The van der Waals surface area contributed by atoms with Crippen molar-refractivity contribution in [3.05, 3.63) is 76.0 Å². The number of halogens is 4. The van der Waals surface area contributed by atoms with Crippen molar-refractivity contribution in [1.29, 1.82) is 0 Å². The van der Waals surface area contributed by atoms with Gasteiger partial charge in [-0.05, 0) is 94.1 Å². The third-order valence-corrected chi connectivity index (χ3v) is 8.05. The largest absolute Gasteiger partial charge is 0.505 e. The summed E-state index contributed by atoms with van der Waals surface area (Å²) in [6.07, 6.45) is 0. The minimum Gasteiger partial charge on any atom is -0.505 e. The smallest absolute Gasteiger partial charge is 0.340 e. The molecule has 0 saturated heterocycles. The summed E-state index contributed by atoms with van der Waals surface area (Å²) in [4.78, 5) is 24.7. The van der Waals surface area contributed by atoms with E-state index in [1.165, 1.54) is 18.2 Å². The molecule has 7 nitrogen and oxygen atoms in total. The third-order valence-electron chi connectivity index (χ3n) is 5.37. The number of aromatic hydroxyl groups is 2. The third kappa shape index (κ3) is 2.74. The maximum atomic E-state index is 13.0. The number of carboxylic acids is 1. The molecule has 2 aliphatic rings. The fraction of sp³-hybridized carbons (Fsp3) is 0.0476. The SMILES string of the molecule is O=C(O)c1ccc2c(c1)C1(OC2=O)c2cc(Br)c(O)c(Br)c2Oc2c1cc(Br)c(O)c2Br. The van der Waals surface area contributed by atoms with E-state index in [-0.39, 0.29) is 43.1 Å². The van der Waals surface area contributed by atoms with Crippen LogP contribution in [0.2, 0.25) is 0 Å². The Balaban J connectivity index is 1.99. The van der Waals surface area contributed by atoms with Crippen molar-refractivity contribution in [2.45, 2.75) is 5.60 Å². The Kier molecular flexibility index (Phi) is 4.90. The molecular weight excluding hydrogens is 684 g/mol. The average Bonchev–Trinajstić information content (AvgIpc) is 3.05. The first kappa shape index (κ1) is 21.7. The molecule has 0 atom stereocenters. The molecular formula is C21H8Br4O7. The lowest BCUT2D eigenvalue weighted by Gasteiger charge is -2.38. The molecule has 5 rings (SSSR count). The van der Waals surface area contributed by atoms with Crippen molar-refractivity contribution in [2.75, 3.05) is 0 Å². The number of carbonyl (C=O) groups is 2. The van der Waals surface area contributed by atoms with Gasteiger partial charge in [-0.2, -0.15) is 0 Å². The van der Waals surface area contributed by atoms with Gasteiger partial charge in [-0.3, -0.25) is 0 Å². The molecule has 0 radical (unpaired) electrons. The van der Waals surface area contributed by atoms with Crippen molar-refractivity contribution in [2.24, 2.45) is 0 Å². The van der Waals surface area contributed by atoms with Crippen molar-refractivity contribution in [3.63, 3.8) is 0 Å². The lowest BCUT2D eigenvalue weighted by Crippen LogP contribution is -2.33. The van der Waals surface area contributed by atoms with Crippen LogP contribution in [-0.2, 0) is 10.3 Å². The van der Waals surface area contributed by atoms with Gasteiger partial charge in [0.05, 0.1) is 31.2 Å². The van der Waals surface area contributed by atoms with Gasteiger partial charge in [0.2, 0.25) is 0 Å². The Morgan fingerprint density at radius 3 is 1.88 bits per heavy atom. The molecule has 0 aliphatic carbocycles. The zero-order chi connectivity index (χ0) is 23.1. The standard InChI is InChI=1S/C21H8Br4O7/c22-11-4-9-17(13(24)15(11)26)31-18-10(5-12(23)16(27)14(18)25)21(9)8-3-6(19(28)29)1-2-7(8)20(30)32-21/h1-5,26-27H,(H,28,29). The summed E-state index contributed by atoms with van der Waals surface area (Å²) in [6, 6.07) is 7.20. The van der Waals surface area contributed by atoms with Gasteiger partial charge in [0.1, 0.15) is 20.4 Å². The minimum atomic E-state index is -1.61. The Morgan fingerprint density at radius 2 is 1.38 bits per heavy atom. The van der Waals surface area contributed by atoms with E-state index >= 15 is 0 Å². The van der Waals surface area contributed by atoms with Crippen LogP contribution in [0.15, 0.2) is 48.2 Å². The van der Waals surface area contributed by atoms with Crippen LogP contribution >= 0.6 is 63.7 Å². The highest BCUT2D eigenvalue weighted by atomic mass is 79.9. The molecule has 162 valence electrons. The van der Waals surface area contributed by atoms with Crippen LogP contribution in [0.5, 0.6) is 23.0 Å². The van der Waals surface area contributed by atoms with Crippen molar-refractivity contribution in [1.82, 2.24) is 0 Å². The van der Waals surface area contributed by atoms with E-state index in [0.29, 0.717) is 25.6 Å². The number of rotatable bonds is 1. The summed E-state index contributed by atoms with van der Waals surface area (Å²) in [7, 11) is 0. The van der Waals surface area contributed by atoms with Gasteiger partial charge in [-0.1, -0.05) is 0 Å². The van der Waals surface area contributed by atoms with Crippen LogP contribution in [0.25, 0.3) is 0 Å². The molecule has 0 bridgehead atoms. The minimum absolute atomic E-state index is 0.0372. The van der Waals surface area contributed by atoms with E-state index in [4.69, 9.17) is 9.47 Å². The highest BCUT2D eigenvalue weighted by Crippen LogP contribution is 2.62. The van der Waals surface area contributed by atoms with E-state index in [2.05, 4.69) is 63.7 Å². The number of esters is 1. The molecule has 0 saturated carbocycles. The Hall–Kier alpha value is -2.08. The molecule has 0 amide bonds. The van der Waals surface area contributed by atoms with Crippen LogP contribution in [0.3, 0.4) is 0 Å². The van der Waals surface area contributed by atoms with E-state index in [0.717, 1.165) is 0 Å². The summed E-state index contributed by atoms with van der Waals surface area (Å²) in [6.45, 7) is 0. The highest BCUT2D eigenvalue weighted by Gasteiger charge is 2.55. The number of phenolic OH excluding ortho intramolecular Hbond substituents is 2. The zero-order valence-electron chi connectivity index (χ0n) is 15.4. The second kappa shape index (κ2) is 7.21. The summed E-state index contributed by atoms with van der Waals surface area (Å²) < 4.78 is 13.0. The van der Waals surface area contributed by atoms with Crippen LogP contribution in [0, 0.1) is 0 Å². The van der Waals surface area contributed by atoms with Crippen molar-refractivity contribution in [3.8, 4) is 23.0 Å². The molecule has 11 heteroatoms. The van der Waals surface area contributed by atoms with Gasteiger partial charge in [0.15, 0.2) is 17.1 Å². The van der Waals surface area contributed by atoms with Gasteiger partial charge >= 0.3 is 11.9 Å². The second-order valence-electron chi connectivity index (χ2n) is 7.03. The number of hydrogen-bond donors (Lipinski definition) is 3. The number of benzene rings is 3. The van der Waals surface area contributed by atoms with Gasteiger partial charge in [0.25, 0.3) is 0 Å². The summed E-state index contributed by atoms with van der Waals surface area (Å²) in [5.41, 5.74) is -0.471. The highest BCUT2D eigenvalue weighted by molar-refractivity contribution is 9.11. The average molecular weight is 692 g/mol. The number of hydrogen-bond acceptors (Lipinski definition) is 6. The summed E-state index contributed by atoms with van der Waals surface area (Å²) in [5.74, 6) is -1.84. The van der Waals surface area contributed by atoms with Crippen LogP contribution < -0.4 is 4.74 Å². The molecule has 0 aromatic heterocycles. The van der Waals surface area contributed by atoms with Crippen LogP contribution in [0.4, 0.5) is 0 Å². The van der Waals surface area contributed by atoms with Crippen molar-refractivity contribution < 1.29 is 34.4 Å².